The van der Waals surface area contributed by atoms with Crippen molar-refractivity contribution in [3.8, 4) is 0 Å². The zero-order chi connectivity index (χ0) is 14.0. The van der Waals surface area contributed by atoms with Crippen LogP contribution in [0.25, 0.3) is 0 Å². The van der Waals surface area contributed by atoms with Crippen molar-refractivity contribution in [2.75, 3.05) is 19.8 Å². The molecule has 0 aliphatic carbocycles. The summed E-state index contributed by atoms with van der Waals surface area (Å²) in [6.07, 6.45) is 2.30. The molecule has 4 heteroatoms. The summed E-state index contributed by atoms with van der Waals surface area (Å²) in [5.41, 5.74) is 4.11. The van der Waals surface area contributed by atoms with Crippen LogP contribution in [0.1, 0.15) is 49.7 Å². The van der Waals surface area contributed by atoms with Crippen LogP contribution in [-0.4, -0.2) is 29.5 Å². The van der Waals surface area contributed by atoms with E-state index in [0.29, 0.717) is 11.5 Å². The zero-order valence-electron chi connectivity index (χ0n) is 12.9. The lowest BCUT2D eigenvalue weighted by molar-refractivity contribution is 0.0231. The first-order valence-electron chi connectivity index (χ1n) is 7.24. The van der Waals surface area contributed by atoms with Crippen molar-refractivity contribution in [1.82, 2.24) is 15.1 Å². The monoisotopic (exact) mass is 265 g/mol. The van der Waals surface area contributed by atoms with Crippen molar-refractivity contribution < 1.29 is 4.74 Å². The number of hydrogen-bond donors (Lipinski definition) is 1. The van der Waals surface area contributed by atoms with Crippen molar-refractivity contribution in [1.29, 1.82) is 0 Å². The van der Waals surface area contributed by atoms with Crippen LogP contribution in [0.15, 0.2) is 0 Å². The molecule has 1 unspecified atom stereocenters. The molecule has 1 N–H and O–H groups in total. The van der Waals surface area contributed by atoms with Gasteiger partial charge in [-0.25, -0.2) is 0 Å². The van der Waals surface area contributed by atoms with Gasteiger partial charge in [-0.3, -0.25) is 4.68 Å². The van der Waals surface area contributed by atoms with Crippen LogP contribution >= 0.6 is 0 Å². The molecular weight excluding hydrogens is 238 g/mol. The van der Waals surface area contributed by atoms with Crippen LogP contribution < -0.4 is 5.32 Å². The summed E-state index contributed by atoms with van der Waals surface area (Å²) in [5.74, 6) is 0. The molecule has 1 saturated heterocycles. The first-order chi connectivity index (χ1) is 8.93. The number of ether oxygens (including phenoxy) is 1. The van der Waals surface area contributed by atoms with Crippen LogP contribution in [-0.2, 0) is 11.8 Å². The van der Waals surface area contributed by atoms with Crippen molar-refractivity contribution in [3.05, 3.63) is 17.0 Å². The second-order valence-corrected chi connectivity index (χ2v) is 6.23. The van der Waals surface area contributed by atoms with Gasteiger partial charge < -0.3 is 10.1 Å². The van der Waals surface area contributed by atoms with Crippen LogP contribution in [0.3, 0.4) is 0 Å². The summed E-state index contributed by atoms with van der Waals surface area (Å²) >= 11 is 0. The minimum absolute atomic E-state index is 0.355. The van der Waals surface area contributed by atoms with Crippen LogP contribution in [0, 0.1) is 19.3 Å². The molecule has 0 bridgehead atoms. The molecule has 1 fully saturated rings. The Kier molecular flexibility index (Phi) is 4.31. The standard InChI is InChI=1S/C15H27N3O/c1-11(14-12(2)17-18(5)13(14)3)16-10-15(4)6-8-19-9-7-15/h11,16H,6-10H2,1-5H3. The third-order valence-electron chi connectivity index (χ3n) is 4.53. The number of nitrogens with zero attached hydrogens (tertiary/aromatic N) is 2. The van der Waals surface area contributed by atoms with Gasteiger partial charge in [-0.05, 0) is 39.0 Å². The predicted molar refractivity (Wildman–Crippen MR) is 77.3 cm³/mol. The van der Waals surface area contributed by atoms with Crippen LogP contribution in [0.5, 0.6) is 0 Å². The van der Waals surface area contributed by atoms with Gasteiger partial charge in [0, 0.05) is 44.1 Å². The Bertz CT molecular complexity index is 433. The summed E-state index contributed by atoms with van der Waals surface area (Å²) < 4.78 is 7.43. The van der Waals surface area contributed by atoms with Gasteiger partial charge in [0.25, 0.3) is 0 Å². The lowest BCUT2D eigenvalue weighted by atomic mass is 9.82. The second kappa shape index (κ2) is 5.63. The Balaban J connectivity index is 1.99. The Labute approximate surface area is 116 Å². The molecule has 0 radical (unpaired) electrons. The molecule has 1 aromatic heterocycles. The lowest BCUT2D eigenvalue weighted by Gasteiger charge is -2.34. The largest absolute Gasteiger partial charge is 0.381 e. The highest BCUT2D eigenvalue weighted by molar-refractivity contribution is 5.27. The maximum atomic E-state index is 5.46. The van der Waals surface area contributed by atoms with Gasteiger partial charge in [0.1, 0.15) is 0 Å². The van der Waals surface area contributed by atoms with Crippen LogP contribution in [0.4, 0.5) is 0 Å². The molecule has 0 spiro atoms. The average Bonchev–Trinajstić information content (AvgIpc) is 2.62. The molecule has 1 aliphatic heterocycles. The van der Waals surface area contributed by atoms with Gasteiger partial charge >= 0.3 is 0 Å². The Hall–Kier alpha value is -0.870. The number of aryl methyl sites for hydroxylation is 2. The fourth-order valence-electron chi connectivity index (χ4n) is 2.96. The Morgan fingerprint density at radius 2 is 2.00 bits per heavy atom. The van der Waals surface area contributed by atoms with E-state index >= 15 is 0 Å². The van der Waals surface area contributed by atoms with Crippen molar-refractivity contribution in [2.45, 2.75) is 46.6 Å². The topological polar surface area (TPSA) is 39.1 Å². The Morgan fingerprint density at radius 1 is 1.37 bits per heavy atom. The van der Waals surface area contributed by atoms with Crippen molar-refractivity contribution >= 4 is 0 Å². The molecule has 19 heavy (non-hydrogen) atoms. The van der Waals surface area contributed by atoms with Gasteiger partial charge in [0.2, 0.25) is 0 Å². The molecule has 0 aromatic carbocycles. The van der Waals surface area contributed by atoms with Crippen molar-refractivity contribution in [3.63, 3.8) is 0 Å². The molecule has 2 rings (SSSR count). The van der Waals surface area contributed by atoms with Gasteiger partial charge in [-0.1, -0.05) is 6.92 Å². The zero-order valence-corrected chi connectivity index (χ0v) is 12.9. The summed E-state index contributed by atoms with van der Waals surface area (Å²) in [5, 5.41) is 8.20. The minimum Gasteiger partial charge on any atom is -0.381 e. The van der Waals surface area contributed by atoms with E-state index in [1.54, 1.807) is 0 Å². The normalized spacial score (nSPS) is 20.5. The van der Waals surface area contributed by atoms with Gasteiger partial charge in [0.15, 0.2) is 0 Å². The molecule has 0 saturated carbocycles. The number of nitrogens with one attached hydrogen (secondary N) is 1. The lowest BCUT2D eigenvalue weighted by Crippen LogP contribution is -2.38. The first-order valence-corrected chi connectivity index (χ1v) is 7.24. The maximum absolute atomic E-state index is 5.46. The first kappa shape index (κ1) is 14.5. The highest BCUT2D eigenvalue weighted by atomic mass is 16.5. The highest BCUT2D eigenvalue weighted by Crippen LogP contribution is 2.30. The molecule has 1 aromatic rings. The quantitative estimate of drug-likeness (QED) is 0.909. The molecule has 2 heterocycles. The molecular formula is C15H27N3O. The Morgan fingerprint density at radius 3 is 2.53 bits per heavy atom. The van der Waals surface area contributed by atoms with E-state index in [2.05, 4.69) is 38.1 Å². The van der Waals surface area contributed by atoms with Gasteiger partial charge in [-0.2, -0.15) is 5.10 Å². The smallest absolute Gasteiger partial charge is 0.0644 e. The molecule has 1 aliphatic rings. The summed E-state index contributed by atoms with van der Waals surface area (Å²) in [6, 6.07) is 0.355. The number of hydrogen-bond acceptors (Lipinski definition) is 3. The maximum Gasteiger partial charge on any atom is 0.0644 e. The van der Waals surface area contributed by atoms with E-state index in [1.165, 1.54) is 11.3 Å². The minimum atomic E-state index is 0.355. The van der Waals surface area contributed by atoms with E-state index in [4.69, 9.17) is 4.74 Å². The highest BCUT2D eigenvalue weighted by Gasteiger charge is 2.28. The third-order valence-corrected chi connectivity index (χ3v) is 4.53. The summed E-state index contributed by atoms with van der Waals surface area (Å²) in [7, 11) is 2.01. The third kappa shape index (κ3) is 3.18. The molecule has 1 atom stereocenters. The number of aromatic nitrogens is 2. The van der Waals surface area contributed by atoms with E-state index < -0.39 is 0 Å². The predicted octanol–water partition coefficient (Wildman–Crippen LogP) is 2.50. The molecule has 4 nitrogen and oxygen atoms in total. The van der Waals surface area contributed by atoms with Gasteiger partial charge in [-0.15, -0.1) is 0 Å². The van der Waals surface area contributed by atoms with Crippen molar-refractivity contribution in [2.24, 2.45) is 12.5 Å². The fraction of sp³-hybridized carbons (Fsp3) is 0.800. The van der Waals surface area contributed by atoms with E-state index in [-0.39, 0.29) is 0 Å². The van der Waals surface area contributed by atoms with Crippen LogP contribution in [0.2, 0.25) is 0 Å². The average molecular weight is 265 g/mol. The summed E-state index contributed by atoms with van der Waals surface area (Å²) in [6.45, 7) is 11.7. The second-order valence-electron chi connectivity index (χ2n) is 6.23. The SMILES string of the molecule is Cc1nn(C)c(C)c1C(C)NCC1(C)CCOCC1. The van der Waals surface area contributed by atoms with E-state index in [1.807, 2.05) is 11.7 Å². The molecule has 108 valence electrons. The molecule has 0 amide bonds. The van der Waals surface area contributed by atoms with E-state index in [9.17, 15) is 0 Å². The van der Waals surface area contributed by atoms with E-state index in [0.717, 1.165) is 38.3 Å². The fourth-order valence-corrected chi connectivity index (χ4v) is 2.96. The van der Waals surface area contributed by atoms with Gasteiger partial charge in [0.05, 0.1) is 5.69 Å². The summed E-state index contributed by atoms with van der Waals surface area (Å²) in [4.78, 5) is 0. The number of rotatable bonds is 4.